The molecule has 0 spiro atoms. The number of hydrogen-bond donors (Lipinski definition) is 0. The standard InChI is InChI=1S/C12H27ClSi/c1-7-10(4)14(13,11(5)8-2)12(6)9-3/h10-12H,7-9H2,1-6H3. The van der Waals surface area contributed by atoms with Gasteiger partial charge in [0.05, 0.1) is 0 Å². The first kappa shape index (κ1) is 14.5. The summed E-state index contributed by atoms with van der Waals surface area (Å²) in [4.78, 5) is 0. The van der Waals surface area contributed by atoms with Crippen molar-refractivity contribution in [2.24, 2.45) is 0 Å². The van der Waals surface area contributed by atoms with Crippen molar-refractivity contribution in [2.75, 3.05) is 0 Å². The van der Waals surface area contributed by atoms with Gasteiger partial charge in [-0.25, -0.2) is 0 Å². The summed E-state index contributed by atoms with van der Waals surface area (Å²) in [6, 6.07) is 0. The predicted molar refractivity (Wildman–Crippen MR) is 70.8 cm³/mol. The lowest BCUT2D eigenvalue weighted by atomic mass is 10.3. The third kappa shape index (κ3) is 2.76. The van der Waals surface area contributed by atoms with Gasteiger partial charge in [-0.3, -0.25) is 0 Å². The van der Waals surface area contributed by atoms with Crippen molar-refractivity contribution >= 4 is 18.5 Å². The third-order valence-electron chi connectivity index (χ3n) is 4.10. The largest absolute Gasteiger partial charge is 0.166 e. The van der Waals surface area contributed by atoms with Crippen LogP contribution < -0.4 is 0 Å². The molecule has 0 aliphatic carbocycles. The molecular formula is C12H27ClSi. The molecule has 86 valence electrons. The maximum atomic E-state index is 7.03. The summed E-state index contributed by atoms with van der Waals surface area (Å²) in [5.41, 5.74) is 2.23. The first-order valence-corrected chi connectivity index (χ1v) is 9.38. The maximum Gasteiger partial charge on any atom is 0.164 e. The molecule has 0 N–H and O–H groups in total. The molecule has 0 aromatic heterocycles. The second-order valence-electron chi connectivity index (χ2n) is 4.76. The monoisotopic (exact) mass is 234 g/mol. The Kier molecular flexibility index (Phi) is 6.39. The summed E-state index contributed by atoms with van der Waals surface area (Å²) in [7, 11) is -1.59. The summed E-state index contributed by atoms with van der Waals surface area (Å²) in [5.74, 6) is 0. The second-order valence-corrected chi connectivity index (χ2v) is 11.3. The van der Waals surface area contributed by atoms with Crippen LogP contribution in [0.25, 0.3) is 0 Å². The first-order valence-electron chi connectivity index (χ1n) is 6.13. The molecule has 0 bridgehead atoms. The highest BCUT2D eigenvalue weighted by Gasteiger charge is 2.44. The van der Waals surface area contributed by atoms with Crippen molar-refractivity contribution in [1.82, 2.24) is 0 Å². The van der Waals surface area contributed by atoms with Crippen LogP contribution in [0.2, 0.25) is 16.6 Å². The SMILES string of the molecule is CCC(C)[Si](Cl)(C(C)CC)C(C)CC. The van der Waals surface area contributed by atoms with E-state index < -0.39 is 7.38 Å². The molecule has 0 amide bonds. The third-order valence-corrected chi connectivity index (χ3v) is 13.2. The first-order chi connectivity index (χ1) is 6.44. The van der Waals surface area contributed by atoms with Crippen LogP contribution in [0, 0.1) is 0 Å². The molecular weight excluding hydrogens is 208 g/mol. The Labute approximate surface area is 96.1 Å². The summed E-state index contributed by atoms with van der Waals surface area (Å²) < 4.78 is 0. The Hall–Kier alpha value is 0.507. The zero-order valence-corrected chi connectivity index (χ0v) is 12.5. The van der Waals surface area contributed by atoms with Crippen molar-refractivity contribution in [3.63, 3.8) is 0 Å². The molecule has 0 saturated carbocycles. The van der Waals surface area contributed by atoms with E-state index in [9.17, 15) is 0 Å². The smallest absolute Gasteiger partial charge is 0.164 e. The normalized spacial score (nSPS) is 22.5. The Morgan fingerprint density at radius 2 is 1.00 bits per heavy atom. The van der Waals surface area contributed by atoms with Crippen molar-refractivity contribution in [1.29, 1.82) is 0 Å². The van der Waals surface area contributed by atoms with E-state index in [0.717, 1.165) is 16.6 Å². The van der Waals surface area contributed by atoms with E-state index in [4.69, 9.17) is 11.1 Å². The molecule has 0 aromatic rings. The molecule has 3 atom stereocenters. The van der Waals surface area contributed by atoms with Gasteiger partial charge in [0.15, 0.2) is 7.38 Å². The van der Waals surface area contributed by atoms with Gasteiger partial charge in [-0.2, -0.15) is 11.1 Å². The fourth-order valence-corrected chi connectivity index (χ4v) is 8.58. The van der Waals surface area contributed by atoms with Gasteiger partial charge in [0.25, 0.3) is 0 Å². The predicted octanol–water partition coefficient (Wildman–Crippen LogP) is 5.57. The molecule has 0 fully saturated rings. The Bertz CT molecular complexity index is 132. The highest BCUT2D eigenvalue weighted by Crippen LogP contribution is 2.48. The topological polar surface area (TPSA) is 0 Å². The molecule has 0 radical (unpaired) electrons. The number of rotatable bonds is 6. The Morgan fingerprint density at radius 1 is 0.786 bits per heavy atom. The van der Waals surface area contributed by atoms with Crippen LogP contribution in [0.4, 0.5) is 0 Å². The summed E-state index contributed by atoms with van der Waals surface area (Å²) in [6.45, 7) is 13.9. The van der Waals surface area contributed by atoms with Crippen molar-refractivity contribution < 1.29 is 0 Å². The van der Waals surface area contributed by atoms with Crippen molar-refractivity contribution in [2.45, 2.75) is 77.4 Å². The van der Waals surface area contributed by atoms with Crippen molar-refractivity contribution in [3.05, 3.63) is 0 Å². The molecule has 0 aliphatic heterocycles. The molecule has 0 saturated heterocycles. The van der Waals surface area contributed by atoms with Gasteiger partial charge in [-0.05, 0) is 16.6 Å². The van der Waals surface area contributed by atoms with E-state index in [0.29, 0.717) is 0 Å². The molecule has 14 heavy (non-hydrogen) atoms. The maximum absolute atomic E-state index is 7.03. The number of hydrogen-bond acceptors (Lipinski definition) is 0. The highest BCUT2D eigenvalue weighted by atomic mass is 35.6. The van der Waals surface area contributed by atoms with E-state index in [1.54, 1.807) is 0 Å². The molecule has 0 rings (SSSR count). The summed E-state index contributed by atoms with van der Waals surface area (Å²) >= 11 is 7.03. The molecule has 2 heteroatoms. The van der Waals surface area contributed by atoms with E-state index in [1.165, 1.54) is 19.3 Å². The van der Waals surface area contributed by atoms with E-state index in [2.05, 4.69) is 41.5 Å². The quantitative estimate of drug-likeness (QED) is 0.416. The minimum Gasteiger partial charge on any atom is -0.166 e. The highest BCUT2D eigenvalue weighted by molar-refractivity contribution is 7.22. The van der Waals surface area contributed by atoms with Gasteiger partial charge in [0.2, 0.25) is 0 Å². The van der Waals surface area contributed by atoms with Gasteiger partial charge < -0.3 is 0 Å². The van der Waals surface area contributed by atoms with E-state index in [1.807, 2.05) is 0 Å². The number of halogens is 1. The fourth-order valence-electron chi connectivity index (χ4n) is 2.40. The van der Waals surface area contributed by atoms with Crippen LogP contribution >= 0.6 is 11.1 Å². The lowest BCUT2D eigenvalue weighted by Crippen LogP contribution is -2.40. The average molecular weight is 235 g/mol. The molecule has 0 aromatic carbocycles. The van der Waals surface area contributed by atoms with Gasteiger partial charge in [0.1, 0.15) is 0 Å². The lowest BCUT2D eigenvalue weighted by molar-refractivity contribution is 0.710. The second kappa shape index (κ2) is 6.17. The Morgan fingerprint density at radius 3 is 1.14 bits per heavy atom. The van der Waals surface area contributed by atoms with Crippen LogP contribution in [0.3, 0.4) is 0 Å². The van der Waals surface area contributed by atoms with Gasteiger partial charge in [-0.15, -0.1) is 0 Å². The van der Waals surface area contributed by atoms with Crippen LogP contribution in [-0.4, -0.2) is 7.38 Å². The van der Waals surface area contributed by atoms with E-state index in [-0.39, 0.29) is 0 Å². The minimum absolute atomic E-state index is 0.745. The molecule has 0 nitrogen and oxygen atoms in total. The van der Waals surface area contributed by atoms with Crippen LogP contribution in [0.5, 0.6) is 0 Å². The zero-order valence-electron chi connectivity index (χ0n) is 10.7. The minimum atomic E-state index is -1.59. The molecule has 0 heterocycles. The van der Waals surface area contributed by atoms with Crippen LogP contribution in [0.15, 0.2) is 0 Å². The van der Waals surface area contributed by atoms with Gasteiger partial charge in [-0.1, -0.05) is 60.8 Å². The average Bonchev–Trinajstić information content (AvgIpc) is 2.24. The van der Waals surface area contributed by atoms with Gasteiger partial charge >= 0.3 is 0 Å². The molecule has 0 aliphatic rings. The zero-order chi connectivity index (χ0) is 11.4. The molecule has 3 unspecified atom stereocenters. The van der Waals surface area contributed by atoms with Crippen LogP contribution in [0.1, 0.15) is 60.8 Å². The van der Waals surface area contributed by atoms with Crippen LogP contribution in [-0.2, 0) is 0 Å². The lowest BCUT2D eigenvalue weighted by Gasteiger charge is -2.40. The summed E-state index contributed by atoms with van der Waals surface area (Å²) in [6.07, 6.45) is 3.72. The Balaban J connectivity index is 4.83. The summed E-state index contributed by atoms with van der Waals surface area (Å²) in [5, 5.41) is 0. The van der Waals surface area contributed by atoms with Gasteiger partial charge in [0, 0.05) is 0 Å². The van der Waals surface area contributed by atoms with Crippen molar-refractivity contribution in [3.8, 4) is 0 Å². The van der Waals surface area contributed by atoms with E-state index >= 15 is 0 Å². The fraction of sp³-hybridized carbons (Fsp3) is 1.00.